The van der Waals surface area contributed by atoms with E-state index in [1.165, 1.54) is 11.1 Å². The molecule has 1 aliphatic carbocycles. The summed E-state index contributed by atoms with van der Waals surface area (Å²) in [6.07, 6.45) is 1.66. The van der Waals surface area contributed by atoms with E-state index in [2.05, 4.69) is 15.6 Å². The fraction of sp³-hybridized carbons (Fsp3) is 0.632. The number of anilines is 2. The van der Waals surface area contributed by atoms with Crippen molar-refractivity contribution in [1.29, 1.82) is 0 Å². The van der Waals surface area contributed by atoms with E-state index in [1.807, 2.05) is 0 Å². The van der Waals surface area contributed by atoms with Gasteiger partial charge in [0.05, 0.1) is 18.4 Å². The van der Waals surface area contributed by atoms with Crippen molar-refractivity contribution in [2.45, 2.75) is 44.7 Å². The molecule has 6 nitrogen and oxygen atoms in total. The fourth-order valence-corrected chi connectivity index (χ4v) is 3.51. The summed E-state index contributed by atoms with van der Waals surface area (Å²) in [5.74, 6) is 0.350. The van der Waals surface area contributed by atoms with Crippen molar-refractivity contribution in [3.05, 3.63) is 18.3 Å². The molecular weight excluding hydrogens is 373 g/mol. The van der Waals surface area contributed by atoms with Crippen molar-refractivity contribution < 1.29 is 22.8 Å². The van der Waals surface area contributed by atoms with Gasteiger partial charge < -0.3 is 10.6 Å². The third kappa shape index (κ3) is 6.19. The Kier molecular flexibility index (Phi) is 6.53. The number of nitrogens with one attached hydrogen (secondary N) is 2. The van der Waals surface area contributed by atoms with E-state index in [4.69, 9.17) is 0 Å². The standard InChI is InChI=1S/C19H25F3N4O2/c20-19(21,22)12-26-8-6-13(7-9-26)10-17(27)25-16-5-4-15(11-23-16)24-18(28)14-2-1-3-14/h4-5,11,13-14H,1-3,6-10,12H2,(H,24,28)(H,23,25,27). The Labute approximate surface area is 161 Å². The SMILES string of the molecule is O=C(CC1CCN(CC(F)(F)F)CC1)Nc1ccc(NC(=O)C2CCC2)cn1. The van der Waals surface area contributed by atoms with Crippen molar-refractivity contribution in [3.63, 3.8) is 0 Å². The third-order valence-electron chi connectivity index (χ3n) is 5.36. The summed E-state index contributed by atoms with van der Waals surface area (Å²) in [5.41, 5.74) is 0.590. The first kappa shape index (κ1) is 20.6. The average Bonchev–Trinajstić information content (AvgIpc) is 2.55. The van der Waals surface area contributed by atoms with Gasteiger partial charge in [0.25, 0.3) is 0 Å². The highest BCUT2D eigenvalue weighted by Gasteiger charge is 2.32. The molecule has 0 aromatic carbocycles. The molecule has 0 spiro atoms. The van der Waals surface area contributed by atoms with Crippen molar-refractivity contribution in [2.75, 3.05) is 30.3 Å². The number of carbonyl (C=O) groups is 2. The molecule has 28 heavy (non-hydrogen) atoms. The van der Waals surface area contributed by atoms with Crippen LogP contribution < -0.4 is 10.6 Å². The predicted molar refractivity (Wildman–Crippen MR) is 98.7 cm³/mol. The topological polar surface area (TPSA) is 74.3 Å². The van der Waals surface area contributed by atoms with Gasteiger partial charge in [0.1, 0.15) is 5.82 Å². The molecule has 154 valence electrons. The number of hydrogen-bond donors (Lipinski definition) is 2. The Bertz CT molecular complexity index is 681. The Morgan fingerprint density at radius 3 is 2.36 bits per heavy atom. The van der Waals surface area contributed by atoms with Gasteiger partial charge in [0, 0.05) is 12.3 Å². The van der Waals surface area contributed by atoms with Crippen LogP contribution >= 0.6 is 0 Å². The molecule has 9 heteroatoms. The van der Waals surface area contributed by atoms with Gasteiger partial charge in [-0.15, -0.1) is 0 Å². The summed E-state index contributed by atoms with van der Waals surface area (Å²) in [4.78, 5) is 29.6. The number of amides is 2. The molecule has 2 aliphatic rings. The molecule has 0 unspecified atom stereocenters. The van der Waals surface area contributed by atoms with E-state index in [9.17, 15) is 22.8 Å². The lowest BCUT2D eigenvalue weighted by Crippen LogP contribution is -2.40. The summed E-state index contributed by atoms with van der Waals surface area (Å²) in [7, 11) is 0. The maximum absolute atomic E-state index is 12.4. The van der Waals surface area contributed by atoms with Crippen molar-refractivity contribution in [2.24, 2.45) is 11.8 Å². The lowest BCUT2D eigenvalue weighted by molar-refractivity contribution is -0.149. The van der Waals surface area contributed by atoms with Gasteiger partial charge >= 0.3 is 6.18 Å². The number of alkyl halides is 3. The molecule has 0 atom stereocenters. The van der Waals surface area contributed by atoms with Crippen molar-refractivity contribution in [1.82, 2.24) is 9.88 Å². The van der Waals surface area contributed by atoms with Crippen LogP contribution in [0.4, 0.5) is 24.7 Å². The molecule has 0 radical (unpaired) electrons. The zero-order valence-corrected chi connectivity index (χ0v) is 15.6. The maximum Gasteiger partial charge on any atom is 0.401 e. The minimum Gasteiger partial charge on any atom is -0.324 e. The number of piperidine rings is 1. The van der Waals surface area contributed by atoms with Crippen LogP contribution in [0, 0.1) is 11.8 Å². The molecule has 2 heterocycles. The quantitative estimate of drug-likeness (QED) is 0.770. The summed E-state index contributed by atoms with van der Waals surface area (Å²) >= 11 is 0. The van der Waals surface area contributed by atoms with Gasteiger partial charge in [-0.25, -0.2) is 4.98 Å². The normalized spacial score (nSPS) is 19.1. The van der Waals surface area contributed by atoms with E-state index in [-0.39, 0.29) is 30.1 Å². The maximum atomic E-state index is 12.4. The molecule has 2 fully saturated rings. The molecule has 0 bridgehead atoms. The fourth-order valence-electron chi connectivity index (χ4n) is 3.51. The highest BCUT2D eigenvalue weighted by molar-refractivity contribution is 5.93. The number of nitrogens with zero attached hydrogens (tertiary/aromatic N) is 2. The second kappa shape index (κ2) is 8.89. The van der Waals surface area contributed by atoms with Crippen LogP contribution in [0.15, 0.2) is 18.3 Å². The largest absolute Gasteiger partial charge is 0.401 e. The molecule has 1 saturated heterocycles. The zero-order chi connectivity index (χ0) is 20.1. The van der Waals surface area contributed by atoms with Gasteiger partial charge in [-0.1, -0.05) is 6.42 Å². The summed E-state index contributed by atoms with van der Waals surface area (Å²) in [6.45, 7) is -0.185. The Balaban J connectivity index is 1.39. The summed E-state index contributed by atoms with van der Waals surface area (Å²) in [6, 6.07) is 3.31. The van der Waals surface area contributed by atoms with Crippen LogP contribution in [0.5, 0.6) is 0 Å². The Morgan fingerprint density at radius 1 is 1.11 bits per heavy atom. The molecular formula is C19H25F3N4O2. The van der Waals surface area contributed by atoms with Gasteiger partial charge in [0.15, 0.2) is 0 Å². The molecule has 1 saturated carbocycles. The molecule has 1 aromatic heterocycles. The van der Waals surface area contributed by atoms with E-state index in [0.29, 0.717) is 37.4 Å². The molecule has 2 amide bonds. The molecule has 1 aliphatic heterocycles. The predicted octanol–water partition coefficient (Wildman–Crippen LogP) is 3.42. The number of halogens is 3. The van der Waals surface area contributed by atoms with Gasteiger partial charge in [-0.2, -0.15) is 13.2 Å². The minimum absolute atomic E-state index is 0.00157. The van der Waals surface area contributed by atoms with Gasteiger partial charge in [-0.05, 0) is 56.8 Å². The minimum atomic E-state index is -4.18. The highest BCUT2D eigenvalue weighted by atomic mass is 19.4. The average molecular weight is 398 g/mol. The molecule has 2 N–H and O–H groups in total. The van der Waals surface area contributed by atoms with E-state index in [0.717, 1.165) is 19.3 Å². The Morgan fingerprint density at radius 2 is 1.82 bits per heavy atom. The zero-order valence-electron chi connectivity index (χ0n) is 15.6. The summed E-state index contributed by atoms with van der Waals surface area (Å²) in [5, 5.41) is 5.52. The first-order chi connectivity index (χ1) is 13.3. The smallest absolute Gasteiger partial charge is 0.324 e. The van der Waals surface area contributed by atoms with Crippen LogP contribution in [0.3, 0.4) is 0 Å². The molecule has 1 aromatic rings. The van der Waals surface area contributed by atoms with Gasteiger partial charge in [0.2, 0.25) is 11.8 Å². The third-order valence-corrected chi connectivity index (χ3v) is 5.36. The number of aromatic nitrogens is 1. The second-order valence-corrected chi connectivity index (χ2v) is 7.64. The summed E-state index contributed by atoms with van der Waals surface area (Å²) < 4.78 is 37.2. The number of pyridine rings is 1. The first-order valence-electron chi connectivity index (χ1n) is 9.64. The van der Waals surface area contributed by atoms with E-state index >= 15 is 0 Å². The van der Waals surface area contributed by atoms with Crippen LogP contribution in [-0.2, 0) is 9.59 Å². The van der Waals surface area contributed by atoms with Crippen molar-refractivity contribution in [3.8, 4) is 0 Å². The second-order valence-electron chi connectivity index (χ2n) is 7.64. The van der Waals surface area contributed by atoms with Crippen LogP contribution in [0.1, 0.15) is 38.5 Å². The number of carbonyl (C=O) groups excluding carboxylic acids is 2. The van der Waals surface area contributed by atoms with Crippen molar-refractivity contribution >= 4 is 23.3 Å². The van der Waals surface area contributed by atoms with E-state index in [1.54, 1.807) is 12.1 Å². The van der Waals surface area contributed by atoms with Gasteiger partial charge in [-0.3, -0.25) is 14.5 Å². The Hall–Kier alpha value is -2.16. The molecule has 3 rings (SSSR count). The van der Waals surface area contributed by atoms with Crippen LogP contribution in [0.25, 0.3) is 0 Å². The van der Waals surface area contributed by atoms with Crippen LogP contribution in [0.2, 0.25) is 0 Å². The first-order valence-corrected chi connectivity index (χ1v) is 9.64. The number of hydrogen-bond acceptors (Lipinski definition) is 4. The van der Waals surface area contributed by atoms with Crippen LogP contribution in [-0.4, -0.2) is 47.5 Å². The number of likely N-dealkylation sites (tertiary alicyclic amines) is 1. The highest BCUT2D eigenvalue weighted by Crippen LogP contribution is 2.28. The lowest BCUT2D eigenvalue weighted by atomic mass is 9.85. The monoisotopic (exact) mass is 398 g/mol. The number of rotatable bonds is 6. The van der Waals surface area contributed by atoms with E-state index < -0.39 is 12.7 Å². The lowest BCUT2D eigenvalue weighted by Gasteiger charge is -2.32.